The van der Waals surface area contributed by atoms with E-state index in [0.29, 0.717) is 11.8 Å². The molecule has 3 fully saturated rings. The van der Waals surface area contributed by atoms with Gasteiger partial charge in [0.25, 0.3) is 0 Å². The van der Waals surface area contributed by atoms with Crippen LogP contribution in [0, 0.1) is 25.7 Å². The summed E-state index contributed by atoms with van der Waals surface area (Å²) in [6.07, 6.45) is 5.81. The maximum atomic E-state index is 13.1. The Kier molecular flexibility index (Phi) is 6.12. The van der Waals surface area contributed by atoms with E-state index in [1.165, 1.54) is 16.8 Å². The van der Waals surface area contributed by atoms with Gasteiger partial charge in [-0.3, -0.25) is 9.59 Å². The first-order chi connectivity index (χ1) is 14.0. The van der Waals surface area contributed by atoms with Crippen molar-refractivity contribution in [3.05, 3.63) is 29.3 Å². The van der Waals surface area contributed by atoms with E-state index in [9.17, 15) is 9.59 Å². The Morgan fingerprint density at radius 2 is 1.28 bits per heavy atom. The summed E-state index contributed by atoms with van der Waals surface area (Å²) in [7, 11) is 0. The van der Waals surface area contributed by atoms with E-state index >= 15 is 0 Å². The minimum Gasteiger partial charge on any atom is -0.368 e. The lowest BCUT2D eigenvalue weighted by Crippen LogP contribution is -2.51. The van der Waals surface area contributed by atoms with Gasteiger partial charge in [-0.25, -0.2) is 0 Å². The molecule has 0 aromatic heterocycles. The number of rotatable bonds is 3. The maximum absolute atomic E-state index is 13.1. The molecule has 5 nitrogen and oxygen atoms in total. The molecule has 1 saturated carbocycles. The van der Waals surface area contributed by atoms with Crippen LogP contribution in [0.2, 0.25) is 0 Å². The fraction of sp³-hybridized carbons (Fsp3) is 0.667. The Morgan fingerprint density at radius 3 is 1.83 bits per heavy atom. The number of hydrogen-bond donors (Lipinski definition) is 0. The highest BCUT2D eigenvalue weighted by atomic mass is 16.2. The minimum absolute atomic E-state index is 0.116. The zero-order valence-electron chi connectivity index (χ0n) is 18.0. The highest BCUT2D eigenvalue weighted by Gasteiger charge is 2.35. The van der Waals surface area contributed by atoms with Crippen molar-refractivity contribution >= 4 is 17.5 Å². The van der Waals surface area contributed by atoms with Crippen molar-refractivity contribution < 1.29 is 9.59 Å². The lowest BCUT2D eigenvalue weighted by Gasteiger charge is -2.39. The van der Waals surface area contributed by atoms with Gasteiger partial charge < -0.3 is 14.7 Å². The van der Waals surface area contributed by atoms with Gasteiger partial charge >= 0.3 is 0 Å². The van der Waals surface area contributed by atoms with Gasteiger partial charge in [0.15, 0.2) is 0 Å². The third-order valence-corrected chi connectivity index (χ3v) is 7.35. The predicted octanol–water partition coefficient (Wildman–Crippen LogP) is 3.38. The molecule has 158 valence electrons. The summed E-state index contributed by atoms with van der Waals surface area (Å²) in [5.41, 5.74) is 3.97. The molecule has 2 heterocycles. The molecule has 29 heavy (non-hydrogen) atoms. The number of hydrogen-bond acceptors (Lipinski definition) is 3. The first-order valence-corrected chi connectivity index (χ1v) is 11.4. The average molecular weight is 398 g/mol. The van der Waals surface area contributed by atoms with Crippen LogP contribution in [0.1, 0.15) is 49.7 Å². The number of carbonyl (C=O) groups excluding carboxylic acids is 2. The fourth-order valence-electron chi connectivity index (χ4n) is 5.29. The predicted molar refractivity (Wildman–Crippen MR) is 116 cm³/mol. The molecular formula is C24H35N3O2. The van der Waals surface area contributed by atoms with Gasteiger partial charge in [-0.05, 0) is 69.6 Å². The van der Waals surface area contributed by atoms with Crippen molar-refractivity contribution in [1.29, 1.82) is 0 Å². The molecule has 2 saturated heterocycles. The zero-order chi connectivity index (χ0) is 20.4. The molecule has 5 heteroatoms. The average Bonchev–Trinajstić information content (AvgIpc) is 3.30. The smallest absolute Gasteiger partial charge is 0.225 e. The van der Waals surface area contributed by atoms with E-state index in [0.717, 1.165) is 77.8 Å². The zero-order valence-corrected chi connectivity index (χ0v) is 18.0. The Hall–Kier alpha value is -2.04. The monoisotopic (exact) mass is 397 g/mol. The molecule has 1 aromatic carbocycles. The standard InChI is InChI=1S/C24H35N3O2/c1-18-6-5-7-22(19(18)2)25-14-16-27(17-15-25)24(29)21-10-8-20(9-11-21)23(28)26-12-3-4-13-26/h5-7,20-21H,3-4,8-17H2,1-2H3. The molecule has 1 aliphatic carbocycles. The largest absolute Gasteiger partial charge is 0.368 e. The molecule has 2 amide bonds. The summed E-state index contributed by atoms with van der Waals surface area (Å²) in [4.78, 5) is 32.2. The molecule has 1 aromatic rings. The molecule has 0 radical (unpaired) electrons. The Bertz CT molecular complexity index is 740. The molecule has 0 bridgehead atoms. The Balaban J connectivity index is 1.27. The van der Waals surface area contributed by atoms with Gasteiger partial charge in [-0.1, -0.05) is 12.1 Å². The van der Waals surface area contributed by atoms with Crippen molar-refractivity contribution in [2.75, 3.05) is 44.2 Å². The van der Waals surface area contributed by atoms with Crippen LogP contribution in [0.4, 0.5) is 5.69 Å². The fourth-order valence-corrected chi connectivity index (χ4v) is 5.29. The summed E-state index contributed by atoms with van der Waals surface area (Å²) in [5.74, 6) is 0.927. The van der Waals surface area contributed by atoms with Gasteiger partial charge in [0.2, 0.25) is 11.8 Å². The quantitative estimate of drug-likeness (QED) is 0.785. The van der Waals surface area contributed by atoms with Crippen LogP contribution in [0.3, 0.4) is 0 Å². The number of likely N-dealkylation sites (tertiary alicyclic amines) is 1. The second kappa shape index (κ2) is 8.76. The number of anilines is 1. The van der Waals surface area contributed by atoms with Crippen LogP contribution >= 0.6 is 0 Å². The van der Waals surface area contributed by atoms with E-state index in [-0.39, 0.29) is 11.8 Å². The topological polar surface area (TPSA) is 43.9 Å². The molecular weight excluding hydrogens is 362 g/mol. The third-order valence-electron chi connectivity index (χ3n) is 7.35. The molecule has 0 spiro atoms. The van der Waals surface area contributed by atoms with Crippen molar-refractivity contribution in [3.8, 4) is 0 Å². The maximum Gasteiger partial charge on any atom is 0.225 e. The van der Waals surface area contributed by atoms with E-state index in [2.05, 4.69) is 41.8 Å². The van der Waals surface area contributed by atoms with E-state index in [1.54, 1.807) is 0 Å². The summed E-state index contributed by atoms with van der Waals surface area (Å²) in [5, 5.41) is 0. The van der Waals surface area contributed by atoms with Crippen LogP contribution in [0.15, 0.2) is 18.2 Å². The molecule has 2 aliphatic heterocycles. The summed E-state index contributed by atoms with van der Waals surface area (Å²) >= 11 is 0. The number of amides is 2. The van der Waals surface area contributed by atoms with Crippen LogP contribution in [-0.2, 0) is 9.59 Å². The van der Waals surface area contributed by atoms with E-state index < -0.39 is 0 Å². The van der Waals surface area contributed by atoms with Gasteiger partial charge in [-0.2, -0.15) is 0 Å². The van der Waals surface area contributed by atoms with Gasteiger partial charge in [-0.15, -0.1) is 0 Å². The van der Waals surface area contributed by atoms with Crippen LogP contribution in [0.25, 0.3) is 0 Å². The summed E-state index contributed by atoms with van der Waals surface area (Å²) < 4.78 is 0. The van der Waals surface area contributed by atoms with Gasteiger partial charge in [0, 0.05) is 56.8 Å². The van der Waals surface area contributed by atoms with Gasteiger partial charge in [0.1, 0.15) is 0 Å². The second-order valence-corrected chi connectivity index (χ2v) is 9.11. The molecule has 0 unspecified atom stereocenters. The Labute approximate surface area is 175 Å². The highest BCUT2D eigenvalue weighted by Crippen LogP contribution is 2.32. The highest BCUT2D eigenvalue weighted by molar-refractivity contribution is 5.81. The van der Waals surface area contributed by atoms with E-state index in [1.807, 2.05) is 4.90 Å². The first kappa shape index (κ1) is 20.2. The number of piperazine rings is 1. The van der Waals surface area contributed by atoms with Crippen LogP contribution < -0.4 is 4.90 Å². The lowest BCUT2D eigenvalue weighted by atomic mass is 9.80. The van der Waals surface area contributed by atoms with Crippen LogP contribution in [0.5, 0.6) is 0 Å². The van der Waals surface area contributed by atoms with Crippen molar-refractivity contribution in [2.24, 2.45) is 11.8 Å². The van der Waals surface area contributed by atoms with Crippen molar-refractivity contribution in [3.63, 3.8) is 0 Å². The lowest BCUT2D eigenvalue weighted by molar-refractivity contribution is -0.141. The SMILES string of the molecule is Cc1cccc(N2CCN(C(=O)C3CCC(C(=O)N4CCCC4)CC3)CC2)c1C. The second-order valence-electron chi connectivity index (χ2n) is 9.11. The van der Waals surface area contributed by atoms with Crippen molar-refractivity contribution in [2.45, 2.75) is 52.4 Å². The third kappa shape index (κ3) is 4.29. The normalized spacial score (nSPS) is 25.4. The van der Waals surface area contributed by atoms with Crippen LogP contribution in [-0.4, -0.2) is 60.9 Å². The Morgan fingerprint density at radius 1 is 0.759 bits per heavy atom. The number of carbonyl (C=O) groups is 2. The number of aryl methyl sites for hydroxylation is 1. The molecule has 0 N–H and O–H groups in total. The number of nitrogens with zero attached hydrogens (tertiary/aromatic N) is 3. The first-order valence-electron chi connectivity index (χ1n) is 11.4. The summed E-state index contributed by atoms with van der Waals surface area (Å²) in [6.45, 7) is 9.62. The van der Waals surface area contributed by atoms with Crippen molar-refractivity contribution in [1.82, 2.24) is 9.80 Å². The number of benzene rings is 1. The minimum atomic E-state index is 0.116. The van der Waals surface area contributed by atoms with E-state index in [4.69, 9.17) is 0 Å². The summed E-state index contributed by atoms with van der Waals surface area (Å²) in [6, 6.07) is 6.47. The van der Waals surface area contributed by atoms with Gasteiger partial charge in [0.05, 0.1) is 0 Å². The molecule has 3 aliphatic rings. The molecule has 0 atom stereocenters. The molecule has 4 rings (SSSR count).